The number of carbonyl (C=O) groups is 2. The minimum absolute atomic E-state index is 0.252. The van der Waals surface area contributed by atoms with Crippen molar-refractivity contribution in [2.75, 3.05) is 16.7 Å². The molecule has 15 heavy (non-hydrogen) atoms. The van der Waals surface area contributed by atoms with Crippen LogP contribution in [0, 0.1) is 0 Å². The van der Waals surface area contributed by atoms with Crippen LogP contribution in [0.3, 0.4) is 0 Å². The third kappa shape index (κ3) is 2.94. The molecule has 0 spiro atoms. The molecule has 0 aliphatic carbocycles. The lowest BCUT2D eigenvalue weighted by Crippen LogP contribution is -2.38. The van der Waals surface area contributed by atoms with E-state index in [4.69, 9.17) is 23.2 Å². The molecule has 0 radical (unpaired) electrons. The summed E-state index contributed by atoms with van der Waals surface area (Å²) in [7, 11) is 0. The Morgan fingerprint density at radius 1 is 1.00 bits per heavy atom. The van der Waals surface area contributed by atoms with Gasteiger partial charge in [0.25, 0.3) is 0 Å². The SMILES string of the molecule is O=C(CCl)N(C(=O)CCl)c1ccccc1. The molecular weight excluding hydrogens is 237 g/mol. The minimum atomic E-state index is -0.478. The molecule has 0 bridgehead atoms. The van der Waals surface area contributed by atoms with Crippen molar-refractivity contribution >= 4 is 40.7 Å². The van der Waals surface area contributed by atoms with E-state index in [-0.39, 0.29) is 11.8 Å². The topological polar surface area (TPSA) is 37.4 Å². The lowest BCUT2D eigenvalue weighted by molar-refractivity contribution is -0.123. The maximum absolute atomic E-state index is 11.4. The van der Waals surface area contributed by atoms with Crippen molar-refractivity contribution in [2.45, 2.75) is 0 Å². The molecule has 0 saturated heterocycles. The third-order valence-electron chi connectivity index (χ3n) is 1.74. The number of alkyl halides is 2. The molecule has 0 saturated carbocycles. The Hall–Kier alpha value is -1.06. The maximum atomic E-state index is 11.4. The molecule has 1 aromatic carbocycles. The van der Waals surface area contributed by atoms with Gasteiger partial charge in [0.15, 0.2) is 0 Å². The van der Waals surface area contributed by atoms with Gasteiger partial charge in [-0.1, -0.05) is 18.2 Å². The predicted octanol–water partition coefficient (Wildman–Crippen LogP) is 2.02. The molecule has 0 unspecified atom stereocenters. The number of carbonyl (C=O) groups excluding carboxylic acids is 2. The standard InChI is InChI=1S/C10H9Cl2NO2/c11-6-9(14)13(10(15)7-12)8-4-2-1-3-5-8/h1-5H,6-7H2. The molecule has 0 aromatic heterocycles. The van der Waals surface area contributed by atoms with E-state index < -0.39 is 11.8 Å². The molecule has 5 heteroatoms. The zero-order valence-corrected chi connectivity index (χ0v) is 9.33. The summed E-state index contributed by atoms with van der Waals surface area (Å²) in [6.45, 7) is 0. The highest BCUT2D eigenvalue weighted by Gasteiger charge is 2.21. The van der Waals surface area contributed by atoms with Gasteiger partial charge in [0, 0.05) is 0 Å². The van der Waals surface area contributed by atoms with Gasteiger partial charge in [0.1, 0.15) is 11.8 Å². The highest BCUT2D eigenvalue weighted by molar-refractivity contribution is 6.37. The van der Waals surface area contributed by atoms with Crippen molar-refractivity contribution in [3.63, 3.8) is 0 Å². The molecule has 0 N–H and O–H groups in total. The van der Waals surface area contributed by atoms with Crippen LogP contribution >= 0.6 is 23.2 Å². The molecule has 0 fully saturated rings. The Morgan fingerprint density at radius 3 is 1.87 bits per heavy atom. The van der Waals surface area contributed by atoms with Gasteiger partial charge in [0.05, 0.1) is 5.69 Å². The highest BCUT2D eigenvalue weighted by atomic mass is 35.5. The van der Waals surface area contributed by atoms with Crippen LogP contribution in [0.5, 0.6) is 0 Å². The summed E-state index contributed by atoms with van der Waals surface area (Å²) in [5.41, 5.74) is 0.480. The van der Waals surface area contributed by atoms with Crippen molar-refractivity contribution in [1.29, 1.82) is 0 Å². The predicted molar refractivity (Wildman–Crippen MR) is 60.4 cm³/mol. The Morgan fingerprint density at radius 2 is 1.47 bits per heavy atom. The van der Waals surface area contributed by atoms with Gasteiger partial charge in [-0.25, -0.2) is 4.90 Å². The zero-order chi connectivity index (χ0) is 11.3. The van der Waals surface area contributed by atoms with E-state index >= 15 is 0 Å². The zero-order valence-electron chi connectivity index (χ0n) is 7.82. The van der Waals surface area contributed by atoms with Crippen LogP contribution < -0.4 is 4.90 Å². The van der Waals surface area contributed by atoms with E-state index in [9.17, 15) is 9.59 Å². The van der Waals surface area contributed by atoms with Gasteiger partial charge >= 0.3 is 0 Å². The number of benzene rings is 1. The lowest BCUT2D eigenvalue weighted by Gasteiger charge is -2.18. The van der Waals surface area contributed by atoms with Crippen molar-refractivity contribution in [2.24, 2.45) is 0 Å². The van der Waals surface area contributed by atoms with Crippen LogP contribution in [0.1, 0.15) is 0 Å². The number of nitrogens with zero attached hydrogens (tertiary/aromatic N) is 1. The normalized spacial score (nSPS) is 9.73. The Labute approximate surface area is 97.6 Å². The third-order valence-corrected chi connectivity index (χ3v) is 2.20. The van der Waals surface area contributed by atoms with Gasteiger partial charge in [-0.3, -0.25) is 9.59 Å². The summed E-state index contributed by atoms with van der Waals surface area (Å²) < 4.78 is 0. The molecule has 0 aliphatic rings. The van der Waals surface area contributed by atoms with Gasteiger partial charge < -0.3 is 0 Å². The maximum Gasteiger partial charge on any atom is 0.248 e. The van der Waals surface area contributed by atoms with Crippen LogP contribution in [0.15, 0.2) is 30.3 Å². The molecular formula is C10H9Cl2NO2. The lowest BCUT2D eigenvalue weighted by atomic mass is 10.3. The van der Waals surface area contributed by atoms with E-state index in [2.05, 4.69) is 0 Å². The molecule has 0 atom stereocenters. The summed E-state index contributed by atoms with van der Waals surface area (Å²) in [6.07, 6.45) is 0. The number of anilines is 1. The fourth-order valence-corrected chi connectivity index (χ4v) is 1.36. The van der Waals surface area contributed by atoms with E-state index in [1.54, 1.807) is 30.3 Å². The van der Waals surface area contributed by atoms with Gasteiger partial charge in [-0.15, -0.1) is 23.2 Å². The first-order valence-electron chi connectivity index (χ1n) is 4.23. The first-order valence-corrected chi connectivity index (χ1v) is 5.30. The summed E-state index contributed by atoms with van der Waals surface area (Å²) in [5.74, 6) is -1.46. The Kier molecular flexibility index (Phi) is 4.59. The second-order valence-electron chi connectivity index (χ2n) is 2.73. The van der Waals surface area contributed by atoms with Crippen LogP contribution in [0.25, 0.3) is 0 Å². The minimum Gasteiger partial charge on any atom is -0.273 e. The number of rotatable bonds is 3. The first kappa shape index (κ1) is 12.0. The van der Waals surface area contributed by atoms with Crippen LogP contribution in [0.4, 0.5) is 5.69 Å². The quantitative estimate of drug-likeness (QED) is 0.765. The van der Waals surface area contributed by atoms with E-state index in [0.29, 0.717) is 5.69 Å². The molecule has 3 nitrogen and oxygen atoms in total. The average Bonchev–Trinajstić information content (AvgIpc) is 2.30. The molecule has 1 rings (SSSR count). The van der Waals surface area contributed by atoms with E-state index in [1.807, 2.05) is 0 Å². The van der Waals surface area contributed by atoms with E-state index in [1.165, 1.54) is 0 Å². The number of amides is 2. The number of para-hydroxylation sites is 1. The summed E-state index contributed by atoms with van der Waals surface area (Å²) in [5, 5.41) is 0. The number of imide groups is 1. The van der Waals surface area contributed by atoms with Crippen LogP contribution in [-0.2, 0) is 9.59 Å². The van der Waals surface area contributed by atoms with Crippen molar-refractivity contribution in [3.05, 3.63) is 30.3 Å². The fraction of sp³-hybridized carbons (Fsp3) is 0.200. The molecule has 0 aliphatic heterocycles. The molecule has 2 amide bonds. The second kappa shape index (κ2) is 5.73. The largest absolute Gasteiger partial charge is 0.273 e. The molecule has 80 valence electrons. The second-order valence-corrected chi connectivity index (χ2v) is 3.26. The summed E-state index contributed by atoms with van der Waals surface area (Å²) in [4.78, 5) is 23.8. The Bertz CT molecular complexity index is 338. The van der Waals surface area contributed by atoms with Gasteiger partial charge in [-0.05, 0) is 12.1 Å². The smallest absolute Gasteiger partial charge is 0.248 e. The Balaban J connectivity index is 3.02. The van der Waals surface area contributed by atoms with Crippen molar-refractivity contribution in [1.82, 2.24) is 0 Å². The van der Waals surface area contributed by atoms with Crippen molar-refractivity contribution < 1.29 is 9.59 Å². The highest BCUT2D eigenvalue weighted by Crippen LogP contribution is 2.14. The van der Waals surface area contributed by atoms with Gasteiger partial charge in [-0.2, -0.15) is 0 Å². The van der Waals surface area contributed by atoms with Crippen LogP contribution in [0.2, 0.25) is 0 Å². The number of halogens is 2. The van der Waals surface area contributed by atoms with E-state index in [0.717, 1.165) is 4.90 Å². The number of hydrogen-bond donors (Lipinski definition) is 0. The number of hydrogen-bond acceptors (Lipinski definition) is 2. The van der Waals surface area contributed by atoms with Gasteiger partial charge in [0.2, 0.25) is 11.8 Å². The first-order chi connectivity index (χ1) is 7.20. The monoisotopic (exact) mass is 245 g/mol. The fourth-order valence-electron chi connectivity index (χ4n) is 1.12. The summed E-state index contributed by atoms with van der Waals surface area (Å²) >= 11 is 10.8. The van der Waals surface area contributed by atoms with Crippen LogP contribution in [-0.4, -0.2) is 23.6 Å². The molecule has 1 aromatic rings. The molecule has 0 heterocycles. The summed E-state index contributed by atoms with van der Waals surface area (Å²) in [6, 6.07) is 8.54. The average molecular weight is 246 g/mol. The van der Waals surface area contributed by atoms with Crippen molar-refractivity contribution in [3.8, 4) is 0 Å².